The smallest absolute Gasteiger partial charge is 0.189 e. The van der Waals surface area contributed by atoms with Gasteiger partial charge in [-0.3, -0.25) is 0 Å². The Morgan fingerprint density at radius 2 is 2.29 bits per heavy atom. The van der Waals surface area contributed by atoms with Gasteiger partial charge in [0.15, 0.2) is 11.6 Å². The SMILES string of the molecule is CCOCc1ncnc(N2CC(NC)C2)c1F. The van der Waals surface area contributed by atoms with Gasteiger partial charge in [0.2, 0.25) is 0 Å². The molecule has 5 nitrogen and oxygen atoms in total. The lowest BCUT2D eigenvalue weighted by molar-refractivity contribution is 0.128. The molecule has 2 rings (SSSR count). The second-order valence-corrected chi connectivity index (χ2v) is 3.99. The molecular formula is C11H17FN4O. The molecule has 17 heavy (non-hydrogen) atoms. The molecule has 1 aliphatic rings. The van der Waals surface area contributed by atoms with E-state index >= 15 is 0 Å². The second-order valence-electron chi connectivity index (χ2n) is 3.99. The van der Waals surface area contributed by atoms with Crippen LogP contribution in [0.15, 0.2) is 6.33 Å². The molecular weight excluding hydrogens is 223 g/mol. The van der Waals surface area contributed by atoms with Crippen LogP contribution in [-0.2, 0) is 11.3 Å². The van der Waals surface area contributed by atoms with E-state index in [9.17, 15) is 4.39 Å². The molecule has 0 amide bonds. The highest BCUT2D eigenvalue weighted by Crippen LogP contribution is 2.23. The molecule has 0 saturated carbocycles. The summed E-state index contributed by atoms with van der Waals surface area (Å²) in [4.78, 5) is 9.79. The molecule has 0 aromatic carbocycles. The van der Waals surface area contributed by atoms with E-state index in [4.69, 9.17) is 4.74 Å². The summed E-state index contributed by atoms with van der Waals surface area (Å²) >= 11 is 0. The average molecular weight is 240 g/mol. The Kier molecular flexibility index (Phi) is 3.86. The monoisotopic (exact) mass is 240 g/mol. The number of hydrogen-bond donors (Lipinski definition) is 1. The fourth-order valence-electron chi connectivity index (χ4n) is 1.75. The third-order valence-corrected chi connectivity index (χ3v) is 2.88. The van der Waals surface area contributed by atoms with Crippen molar-refractivity contribution in [3.05, 3.63) is 17.8 Å². The topological polar surface area (TPSA) is 50.3 Å². The standard InChI is InChI=1S/C11H17FN4O/c1-3-17-6-9-10(12)11(15-7-14-9)16-4-8(5-16)13-2/h7-8,13H,3-6H2,1-2H3. The van der Waals surface area contributed by atoms with E-state index < -0.39 is 0 Å². The predicted molar refractivity (Wildman–Crippen MR) is 62.4 cm³/mol. The molecule has 1 aromatic rings. The zero-order chi connectivity index (χ0) is 12.3. The quantitative estimate of drug-likeness (QED) is 0.815. The number of nitrogens with one attached hydrogen (secondary N) is 1. The summed E-state index contributed by atoms with van der Waals surface area (Å²) in [5.74, 6) is 0.0108. The van der Waals surface area contributed by atoms with E-state index in [-0.39, 0.29) is 12.4 Å². The number of hydrogen-bond acceptors (Lipinski definition) is 5. The maximum absolute atomic E-state index is 14.0. The van der Waals surface area contributed by atoms with Crippen LogP contribution in [0.1, 0.15) is 12.6 Å². The van der Waals surface area contributed by atoms with E-state index in [0.717, 1.165) is 13.1 Å². The molecule has 1 N–H and O–H groups in total. The highest BCUT2D eigenvalue weighted by molar-refractivity contribution is 5.44. The average Bonchev–Trinajstić information content (AvgIpc) is 2.28. The molecule has 0 bridgehead atoms. The van der Waals surface area contributed by atoms with Gasteiger partial charge in [-0.15, -0.1) is 0 Å². The predicted octanol–water partition coefficient (Wildman–Crippen LogP) is 0.560. The van der Waals surface area contributed by atoms with Gasteiger partial charge in [0.25, 0.3) is 0 Å². The zero-order valence-corrected chi connectivity index (χ0v) is 10.1. The summed E-state index contributed by atoms with van der Waals surface area (Å²) in [5.41, 5.74) is 0.324. The van der Waals surface area contributed by atoms with E-state index in [1.54, 1.807) is 0 Å². The zero-order valence-electron chi connectivity index (χ0n) is 10.1. The van der Waals surface area contributed by atoms with E-state index in [2.05, 4.69) is 15.3 Å². The number of aromatic nitrogens is 2. The van der Waals surface area contributed by atoms with Gasteiger partial charge in [-0.2, -0.15) is 0 Å². The minimum Gasteiger partial charge on any atom is -0.375 e. The van der Waals surface area contributed by atoms with Crippen molar-refractivity contribution in [3.63, 3.8) is 0 Å². The summed E-state index contributed by atoms with van der Waals surface area (Å²) < 4.78 is 19.2. The number of rotatable bonds is 5. The van der Waals surface area contributed by atoms with Crippen LogP contribution in [0.5, 0.6) is 0 Å². The minimum atomic E-state index is -0.365. The van der Waals surface area contributed by atoms with Gasteiger partial charge in [-0.1, -0.05) is 0 Å². The van der Waals surface area contributed by atoms with Crippen LogP contribution in [0, 0.1) is 5.82 Å². The van der Waals surface area contributed by atoms with Crippen molar-refractivity contribution in [2.75, 3.05) is 31.6 Å². The largest absolute Gasteiger partial charge is 0.375 e. The summed E-state index contributed by atoms with van der Waals surface area (Å²) in [6, 6.07) is 0.416. The first kappa shape index (κ1) is 12.2. The molecule has 1 aromatic heterocycles. The summed E-state index contributed by atoms with van der Waals surface area (Å²) in [5, 5.41) is 3.14. The van der Waals surface area contributed by atoms with Gasteiger partial charge >= 0.3 is 0 Å². The first-order valence-electron chi connectivity index (χ1n) is 5.75. The normalized spacial score (nSPS) is 16.1. The van der Waals surface area contributed by atoms with Crippen molar-refractivity contribution in [1.29, 1.82) is 0 Å². The van der Waals surface area contributed by atoms with E-state index in [1.807, 2.05) is 18.9 Å². The van der Waals surface area contributed by atoms with Gasteiger partial charge in [0.05, 0.1) is 6.61 Å². The molecule has 1 fully saturated rings. The molecule has 0 aliphatic carbocycles. The Balaban J connectivity index is 2.07. The van der Waals surface area contributed by atoms with Gasteiger partial charge in [0.1, 0.15) is 12.0 Å². The summed E-state index contributed by atoms with van der Waals surface area (Å²) in [6.07, 6.45) is 1.39. The number of nitrogens with zero attached hydrogens (tertiary/aromatic N) is 3. The summed E-state index contributed by atoms with van der Waals surface area (Å²) in [6.45, 7) is 4.16. The molecule has 2 heterocycles. The molecule has 1 saturated heterocycles. The number of likely N-dealkylation sites (N-methyl/N-ethyl adjacent to an activating group) is 1. The summed E-state index contributed by atoms with van der Waals surface area (Å²) in [7, 11) is 1.90. The lowest BCUT2D eigenvalue weighted by Gasteiger charge is -2.39. The molecule has 0 atom stereocenters. The number of ether oxygens (including phenoxy) is 1. The van der Waals surface area contributed by atoms with E-state index in [0.29, 0.717) is 24.2 Å². The lowest BCUT2D eigenvalue weighted by Crippen LogP contribution is -2.57. The van der Waals surface area contributed by atoms with E-state index in [1.165, 1.54) is 6.33 Å². The third-order valence-electron chi connectivity index (χ3n) is 2.88. The van der Waals surface area contributed by atoms with Crippen molar-refractivity contribution in [1.82, 2.24) is 15.3 Å². The fraction of sp³-hybridized carbons (Fsp3) is 0.636. The van der Waals surface area contributed by atoms with Crippen molar-refractivity contribution in [2.24, 2.45) is 0 Å². The number of halogens is 1. The van der Waals surface area contributed by atoms with Crippen LogP contribution >= 0.6 is 0 Å². The van der Waals surface area contributed by atoms with Crippen LogP contribution in [0.3, 0.4) is 0 Å². The lowest BCUT2D eigenvalue weighted by atomic mass is 10.1. The Morgan fingerprint density at radius 3 is 2.94 bits per heavy atom. The first-order valence-corrected chi connectivity index (χ1v) is 5.75. The minimum absolute atomic E-state index is 0.196. The Hall–Kier alpha value is -1.27. The van der Waals surface area contributed by atoms with Crippen molar-refractivity contribution in [3.8, 4) is 0 Å². The Morgan fingerprint density at radius 1 is 1.53 bits per heavy atom. The maximum atomic E-state index is 14.0. The van der Waals surface area contributed by atoms with Crippen LogP contribution < -0.4 is 10.2 Å². The van der Waals surface area contributed by atoms with Gasteiger partial charge in [-0.25, -0.2) is 14.4 Å². The third kappa shape index (κ3) is 2.53. The first-order chi connectivity index (χ1) is 8.26. The number of anilines is 1. The van der Waals surface area contributed by atoms with Crippen LogP contribution in [0.25, 0.3) is 0 Å². The van der Waals surface area contributed by atoms with Crippen LogP contribution in [0.4, 0.5) is 10.2 Å². The Labute approximate surface area is 100 Å². The maximum Gasteiger partial charge on any atom is 0.189 e. The second kappa shape index (κ2) is 5.37. The molecule has 0 unspecified atom stereocenters. The Bertz CT molecular complexity index is 382. The molecule has 6 heteroatoms. The van der Waals surface area contributed by atoms with Gasteiger partial charge in [-0.05, 0) is 14.0 Å². The fourth-order valence-corrected chi connectivity index (χ4v) is 1.75. The molecule has 0 spiro atoms. The van der Waals surface area contributed by atoms with Gasteiger partial charge in [0, 0.05) is 25.7 Å². The van der Waals surface area contributed by atoms with Crippen molar-refractivity contribution in [2.45, 2.75) is 19.6 Å². The molecule has 0 radical (unpaired) electrons. The molecule has 94 valence electrons. The molecule has 1 aliphatic heterocycles. The van der Waals surface area contributed by atoms with Crippen molar-refractivity contribution >= 4 is 5.82 Å². The van der Waals surface area contributed by atoms with Crippen molar-refractivity contribution < 1.29 is 9.13 Å². The van der Waals surface area contributed by atoms with Crippen LogP contribution in [0.2, 0.25) is 0 Å². The van der Waals surface area contributed by atoms with Gasteiger partial charge < -0.3 is 15.0 Å². The highest BCUT2D eigenvalue weighted by Gasteiger charge is 2.29. The highest BCUT2D eigenvalue weighted by atomic mass is 19.1. The van der Waals surface area contributed by atoms with Crippen LogP contribution in [-0.4, -0.2) is 42.8 Å².